The van der Waals surface area contributed by atoms with Gasteiger partial charge in [-0.2, -0.15) is 0 Å². The number of carbonyl (C=O) groups excluding carboxylic acids is 2. The van der Waals surface area contributed by atoms with E-state index in [1.807, 2.05) is 0 Å². The van der Waals surface area contributed by atoms with E-state index in [0.717, 1.165) is 135 Å². The van der Waals surface area contributed by atoms with E-state index in [-0.39, 0.29) is 24.8 Å². The second-order valence-electron chi connectivity index (χ2n) is 14.2. The number of esters is 2. The van der Waals surface area contributed by atoms with Gasteiger partial charge in [-0.1, -0.05) is 103 Å². The van der Waals surface area contributed by atoms with Crippen LogP contribution in [0.25, 0.3) is 0 Å². The third-order valence-corrected chi connectivity index (χ3v) is 9.16. The van der Waals surface area contributed by atoms with Gasteiger partial charge in [-0.25, -0.2) is 0 Å². The van der Waals surface area contributed by atoms with E-state index in [9.17, 15) is 14.7 Å². The van der Waals surface area contributed by atoms with E-state index in [1.165, 1.54) is 32.1 Å². The van der Waals surface area contributed by atoms with Gasteiger partial charge in [0.25, 0.3) is 0 Å². The first-order valence-electron chi connectivity index (χ1n) is 21.7. The van der Waals surface area contributed by atoms with Crippen molar-refractivity contribution >= 4 is 11.9 Å². The molecule has 8 nitrogen and oxygen atoms in total. The van der Waals surface area contributed by atoms with Crippen LogP contribution in [-0.2, 0) is 28.5 Å². The number of aliphatic hydroxyl groups excluding tert-OH is 1. The van der Waals surface area contributed by atoms with Crippen LogP contribution in [0.5, 0.6) is 0 Å². The molecule has 0 atom stereocenters. The molecule has 0 aliphatic carbocycles. The number of carbonyl (C=O) groups is 2. The highest BCUT2D eigenvalue weighted by molar-refractivity contribution is 5.69. The topological polar surface area (TPSA) is 94.5 Å². The highest BCUT2D eigenvalue weighted by Crippen LogP contribution is 2.12. The zero-order valence-electron chi connectivity index (χ0n) is 34.3. The first kappa shape index (κ1) is 50.3. The SMILES string of the molecule is CC/C=C\CCCCOC(CCC(=O)OCCCCCCN(CCCO)CCCCCC(=O)OCCCCCCCCC)OCCCC/C=C\CC. The normalized spacial score (nSPS) is 11.9. The molecule has 0 saturated carbocycles. The molecule has 0 bridgehead atoms. The number of hydrogen-bond acceptors (Lipinski definition) is 8. The zero-order chi connectivity index (χ0) is 38.0. The average Bonchev–Trinajstić information content (AvgIpc) is 3.14. The predicted molar refractivity (Wildman–Crippen MR) is 216 cm³/mol. The van der Waals surface area contributed by atoms with E-state index < -0.39 is 0 Å². The lowest BCUT2D eigenvalue weighted by Crippen LogP contribution is -2.28. The Morgan fingerprint density at radius 3 is 1.52 bits per heavy atom. The number of hydrogen-bond donors (Lipinski definition) is 1. The molecule has 52 heavy (non-hydrogen) atoms. The van der Waals surface area contributed by atoms with Gasteiger partial charge in [0.15, 0.2) is 6.29 Å². The fraction of sp³-hybridized carbons (Fsp3) is 0.864. The first-order chi connectivity index (χ1) is 25.6. The summed E-state index contributed by atoms with van der Waals surface area (Å²) in [4.78, 5) is 27.0. The standard InChI is InChI=1S/C44H83NO7/c1-4-7-10-13-16-20-26-38-49-42(47)31-23-22-25-35-45(36-30-37-46)34-24-17-21-27-39-50-43(48)32-33-44(51-40-28-18-14-11-8-5-2)52-41-29-19-15-12-9-6-3/h8-9,11-12,44,46H,4-7,10,13-41H2,1-3H3/b11-8-,12-9-. The van der Waals surface area contributed by atoms with Gasteiger partial charge in [-0.15, -0.1) is 0 Å². The summed E-state index contributed by atoms with van der Waals surface area (Å²) in [6.07, 6.45) is 34.6. The van der Waals surface area contributed by atoms with Crippen LogP contribution >= 0.6 is 0 Å². The van der Waals surface area contributed by atoms with Gasteiger partial charge in [0.2, 0.25) is 0 Å². The molecule has 0 aromatic rings. The predicted octanol–water partition coefficient (Wildman–Crippen LogP) is 11.0. The molecule has 0 amide bonds. The maximum atomic E-state index is 12.5. The Hall–Kier alpha value is -1.74. The lowest BCUT2D eigenvalue weighted by Gasteiger charge is -2.22. The number of aliphatic hydroxyl groups is 1. The number of rotatable bonds is 41. The fourth-order valence-corrected chi connectivity index (χ4v) is 5.96. The monoisotopic (exact) mass is 738 g/mol. The number of unbranched alkanes of at least 4 members (excludes halogenated alkanes) is 15. The van der Waals surface area contributed by atoms with Gasteiger partial charge in [0, 0.05) is 39.2 Å². The summed E-state index contributed by atoms with van der Waals surface area (Å²) in [7, 11) is 0. The zero-order valence-corrected chi connectivity index (χ0v) is 34.3. The molecule has 0 radical (unpaired) electrons. The summed E-state index contributed by atoms with van der Waals surface area (Å²) in [5.41, 5.74) is 0. The minimum atomic E-state index is -0.361. The van der Waals surface area contributed by atoms with E-state index in [1.54, 1.807) is 0 Å². The Morgan fingerprint density at radius 2 is 0.981 bits per heavy atom. The van der Waals surface area contributed by atoms with Crippen LogP contribution in [0.4, 0.5) is 0 Å². The Kier molecular flexibility index (Phi) is 40.6. The molecule has 306 valence electrons. The van der Waals surface area contributed by atoms with Gasteiger partial charge in [0.05, 0.1) is 19.6 Å². The molecule has 0 rings (SSSR count). The van der Waals surface area contributed by atoms with Crippen molar-refractivity contribution in [3.05, 3.63) is 24.3 Å². The van der Waals surface area contributed by atoms with Gasteiger partial charge >= 0.3 is 11.9 Å². The molecule has 0 aliphatic rings. The van der Waals surface area contributed by atoms with Crippen molar-refractivity contribution in [3.8, 4) is 0 Å². The van der Waals surface area contributed by atoms with Crippen LogP contribution in [0.1, 0.15) is 188 Å². The Balaban J connectivity index is 4.11. The molecule has 8 heteroatoms. The molecule has 0 heterocycles. The van der Waals surface area contributed by atoms with Crippen LogP contribution in [0.15, 0.2) is 24.3 Å². The Bertz CT molecular complexity index is 794. The van der Waals surface area contributed by atoms with Gasteiger partial charge < -0.3 is 29.0 Å². The minimum absolute atomic E-state index is 0.0602. The molecule has 0 fully saturated rings. The Labute approximate surface area is 320 Å². The van der Waals surface area contributed by atoms with Crippen molar-refractivity contribution < 1.29 is 33.6 Å². The van der Waals surface area contributed by atoms with Crippen molar-refractivity contribution in [2.75, 3.05) is 52.7 Å². The third kappa shape index (κ3) is 38.0. The molecule has 1 N–H and O–H groups in total. The average molecular weight is 738 g/mol. The van der Waals surface area contributed by atoms with Crippen LogP contribution < -0.4 is 0 Å². The van der Waals surface area contributed by atoms with Crippen LogP contribution in [0.3, 0.4) is 0 Å². The molecule has 0 aromatic heterocycles. The lowest BCUT2D eigenvalue weighted by atomic mass is 10.1. The lowest BCUT2D eigenvalue weighted by molar-refractivity contribution is -0.159. The van der Waals surface area contributed by atoms with Crippen LogP contribution in [0, 0.1) is 0 Å². The van der Waals surface area contributed by atoms with Crippen molar-refractivity contribution in [1.29, 1.82) is 0 Å². The maximum absolute atomic E-state index is 12.5. The fourth-order valence-electron chi connectivity index (χ4n) is 5.96. The summed E-state index contributed by atoms with van der Waals surface area (Å²) in [5.74, 6) is -0.238. The minimum Gasteiger partial charge on any atom is -0.466 e. The summed E-state index contributed by atoms with van der Waals surface area (Å²) in [6.45, 7) is 11.9. The van der Waals surface area contributed by atoms with Gasteiger partial charge in [-0.05, 0) is 103 Å². The first-order valence-corrected chi connectivity index (χ1v) is 21.7. The summed E-state index contributed by atoms with van der Waals surface area (Å²) in [6, 6.07) is 0. The van der Waals surface area contributed by atoms with Crippen LogP contribution in [-0.4, -0.2) is 80.9 Å². The summed E-state index contributed by atoms with van der Waals surface area (Å²) >= 11 is 0. The number of nitrogens with zero attached hydrogens (tertiary/aromatic N) is 1. The molecular formula is C44H83NO7. The summed E-state index contributed by atoms with van der Waals surface area (Å²) in [5, 5.41) is 9.35. The second-order valence-corrected chi connectivity index (χ2v) is 14.2. The number of allylic oxidation sites excluding steroid dienone is 4. The van der Waals surface area contributed by atoms with Crippen LogP contribution in [0.2, 0.25) is 0 Å². The van der Waals surface area contributed by atoms with E-state index in [2.05, 4.69) is 50.0 Å². The maximum Gasteiger partial charge on any atom is 0.305 e. The van der Waals surface area contributed by atoms with E-state index in [0.29, 0.717) is 45.7 Å². The second kappa shape index (κ2) is 42.0. The van der Waals surface area contributed by atoms with Crippen molar-refractivity contribution in [2.24, 2.45) is 0 Å². The van der Waals surface area contributed by atoms with E-state index >= 15 is 0 Å². The molecular weight excluding hydrogens is 654 g/mol. The van der Waals surface area contributed by atoms with Crippen molar-refractivity contribution in [3.63, 3.8) is 0 Å². The smallest absolute Gasteiger partial charge is 0.305 e. The molecule has 0 spiro atoms. The highest BCUT2D eigenvalue weighted by Gasteiger charge is 2.14. The highest BCUT2D eigenvalue weighted by atomic mass is 16.7. The van der Waals surface area contributed by atoms with E-state index in [4.69, 9.17) is 18.9 Å². The quantitative estimate of drug-likeness (QED) is 0.0287. The largest absolute Gasteiger partial charge is 0.466 e. The molecule has 0 unspecified atom stereocenters. The van der Waals surface area contributed by atoms with Crippen molar-refractivity contribution in [2.45, 2.75) is 194 Å². The summed E-state index contributed by atoms with van der Waals surface area (Å²) < 4.78 is 23.0. The third-order valence-electron chi connectivity index (χ3n) is 9.16. The van der Waals surface area contributed by atoms with Gasteiger partial charge in [-0.3, -0.25) is 9.59 Å². The number of ether oxygens (including phenoxy) is 4. The van der Waals surface area contributed by atoms with Crippen molar-refractivity contribution in [1.82, 2.24) is 4.90 Å². The van der Waals surface area contributed by atoms with Gasteiger partial charge in [0.1, 0.15) is 0 Å². The molecule has 0 saturated heterocycles. The molecule has 0 aliphatic heterocycles. The molecule has 0 aromatic carbocycles. The Morgan fingerprint density at radius 1 is 0.519 bits per heavy atom.